The summed E-state index contributed by atoms with van der Waals surface area (Å²) in [4.78, 5) is 3.67. The van der Waals surface area contributed by atoms with Gasteiger partial charge in [-0.3, -0.25) is 0 Å². The van der Waals surface area contributed by atoms with Crippen LogP contribution in [0.2, 0.25) is 5.02 Å². The van der Waals surface area contributed by atoms with Gasteiger partial charge in [0.25, 0.3) is 0 Å². The van der Waals surface area contributed by atoms with Gasteiger partial charge in [-0.1, -0.05) is 23.7 Å². The average molecular weight is 269 g/mol. The van der Waals surface area contributed by atoms with E-state index in [9.17, 15) is 8.78 Å². The van der Waals surface area contributed by atoms with Crippen molar-refractivity contribution in [3.8, 4) is 0 Å². The van der Waals surface area contributed by atoms with E-state index in [1.54, 1.807) is 12.1 Å². The van der Waals surface area contributed by atoms with Crippen molar-refractivity contribution in [1.82, 2.24) is 4.98 Å². The number of hydrogen-bond acceptors (Lipinski definition) is 2. The van der Waals surface area contributed by atoms with Gasteiger partial charge in [-0.25, -0.2) is 13.8 Å². The van der Waals surface area contributed by atoms with E-state index in [1.165, 1.54) is 0 Å². The standard InChI is InChI=1S/C13H11ClF2N2/c1-8(9-3-2-4-10(14)5-9)18-13-12(16)6-11(15)7-17-13/h2-8H,1H3,(H,17,18). The minimum Gasteiger partial charge on any atom is -0.361 e. The van der Waals surface area contributed by atoms with Crippen molar-refractivity contribution in [2.24, 2.45) is 0 Å². The van der Waals surface area contributed by atoms with E-state index in [0.29, 0.717) is 5.02 Å². The van der Waals surface area contributed by atoms with Crippen molar-refractivity contribution in [2.75, 3.05) is 5.32 Å². The van der Waals surface area contributed by atoms with E-state index in [-0.39, 0.29) is 11.9 Å². The third-order valence-corrected chi connectivity index (χ3v) is 2.74. The highest BCUT2D eigenvalue weighted by atomic mass is 35.5. The highest BCUT2D eigenvalue weighted by Crippen LogP contribution is 2.22. The zero-order valence-electron chi connectivity index (χ0n) is 9.62. The van der Waals surface area contributed by atoms with Crippen molar-refractivity contribution in [2.45, 2.75) is 13.0 Å². The Kier molecular flexibility index (Phi) is 3.77. The maximum Gasteiger partial charge on any atom is 0.168 e. The lowest BCUT2D eigenvalue weighted by Gasteiger charge is -2.15. The Morgan fingerprint density at radius 2 is 2.06 bits per heavy atom. The lowest BCUT2D eigenvalue weighted by atomic mass is 10.1. The predicted octanol–water partition coefficient (Wildman–Crippen LogP) is 4.19. The average Bonchev–Trinajstić information content (AvgIpc) is 2.32. The van der Waals surface area contributed by atoms with Gasteiger partial charge in [0.1, 0.15) is 5.82 Å². The molecule has 0 amide bonds. The Balaban J connectivity index is 2.18. The van der Waals surface area contributed by atoms with Gasteiger partial charge in [0, 0.05) is 11.1 Å². The summed E-state index contributed by atoms with van der Waals surface area (Å²) in [7, 11) is 0. The summed E-state index contributed by atoms with van der Waals surface area (Å²) in [6.07, 6.45) is 0.968. The minimum atomic E-state index is -0.719. The van der Waals surface area contributed by atoms with Gasteiger partial charge in [0.15, 0.2) is 11.6 Å². The molecule has 0 saturated carbocycles. The molecule has 1 atom stereocenters. The van der Waals surface area contributed by atoms with Gasteiger partial charge >= 0.3 is 0 Å². The first kappa shape index (κ1) is 12.8. The number of rotatable bonds is 3. The van der Waals surface area contributed by atoms with Crippen molar-refractivity contribution in [1.29, 1.82) is 0 Å². The Morgan fingerprint density at radius 3 is 2.72 bits per heavy atom. The molecule has 5 heteroatoms. The van der Waals surface area contributed by atoms with Gasteiger partial charge in [0.05, 0.1) is 12.2 Å². The Labute approximate surface area is 109 Å². The van der Waals surface area contributed by atoms with E-state index in [0.717, 1.165) is 17.8 Å². The smallest absolute Gasteiger partial charge is 0.168 e. The number of nitrogens with zero attached hydrogens (tertiary/aromatic N) is 1. The largest absolute Gasteiger partial charge is 0.361 e. The summed E-state index contributed by atoms with van der Waals surface area (Å²) in [6.45, 7) is 1.84. The van der Waals surface area contributed by atoms with E-state index < -0.39 is 11.6 Å². The molecule has 0 aliphatic rings. The third-order valence-electron chi connectivity index (χ3n) is 2.51. The molecule has 0 radical (unpaired) electrons. The van der Waals surface area contributed by atoms with Crippen LogP contribution in [0.5, 0.6) is 0 Å². The van der Waals surface area contributed by atoms with Crippen molar-refractivity contribution >= 4 is 17.4 Å². The first-order valence-corrected chi connectivity index (χ1v) is 5.77. The van der Waals surface area contributed by atoms with Gasteiger partial charge in [-0.2, -0.15) is 0 Å². The molecule has 94 valence electrons. The molecule has 2 nitrogen and oxygen atoms in total. The summed E-state index contributed by atoms with van der Waals surface area (Å²) in [6, 6.07) is 7.82. The van der Waals surface area contributed by atoms with E-state index in [4.69, 9.17) is 11.6 Å². The summed E-state index contributed by atoms with van der Waals surface area (Å²) < 4.78 is 26.1. The molecule has 2 rings (SSSR count). The molecule has 0 spiro atoms. The zero-order valence-corrected chi connectivity index (χ0v) is 10.4. The van der Waals surface area contributed by atoms with Crippen LogP contribution in [0.3, 0.4) is 0 Å². The molecule has 1 heterocycles. The maximum atomic E-state index is 13.4. The Hall–Kier alpha value is -1.68. The van der Waals surface area contributed by atoms with Crippen LogP contribution < -0.4 is 5.32 Å². The van der Waals surface area contributed by atoms with E-state index >= 15 is 0 Å². The molecule has 0 aliphatic carbocycles. The number of nitrogens with one attached hydrogen (secondary N) is 1. The quantitative estimate of drug-likeness (QED) is 0.903. The normalized spacial score (nSPS) is 12.2. The fraction of sp³-hybridized carbons (Fsp3) is 0.154. The molecule has 1 unspecified atom stereocenters. The van der Waals surface area contributed by atoms with Crippen LogP contribution in [-0.4, -0.2) is 4.98 Å². The van der Waals surface area contributed by atoms with Crippen molar-refractivity contribution in [3.63, 3.8) is 0 Å². The molecule has 1 aromatic carbocycles. The number of hydrogen-bond donors (Lipinski definition) is 1. The third kappa shape index (κ3) is 2.96. The minimum absolute atomic E-state index is 0.0175. The highest BCUT2D eigenvalue weighted by Gasteiger charge is 2.10. The predicted molar refractivity (Wildman–Crippen MR) is 67.6 cm³/mol. The zero-order chi connectivity index (χ0) is 13.1. The summed E-state index contributed by atoms with van der Waals surface area (Å²) >= 11 is 5.88. The molecule has 0 aliphatic heterocycles. The van der Waals surface area contributed by atoms with Crippen LogP contribution >= 0.6 is 11.6 Å². The SMILES string of the molecule is CC(Nc1ncc(F)cc1F)c1cccc(Cl)c1. The van der Waals surface area contributed by atoms with Crippen LogP contribution in [0.25, 0.3) is 0 Å². The molecule has 0 saturated heterocycles. The second-order valence-corrected chi connectivity index (χ2v) is 4.34. The fourth-order valence-electron chi connectivity index (χ4n) is 1.59. The van der Waals surface area contributed by atoms with Crippen molar-refractivity contribution < 1.29 is 8.78 Å². The molecule has 0 fully saturated rings. The van der Waals surface area contributed by atoms with Gasteiger partial charge < -0.3 is 5.32 Å². The molecule has 1 N–H and O–H groups in total. The topological polar surface area (TPSA) is 24.9 Å². The summed E-state index contributed by atoms with van der Waals surface area (Å²) in [5.74, 6) is -1.40. The second kappa shape index (κ2) is 5.31. The number of anilines is 1. The monoisotopic (exact) mass is 268 g/mol. The van der Waals surface area contributed by atoms with Crippen LogP contribution in [0.1, 0.15) is 18.5 Å². The van der Waals surface area contributed by atoms with Gasteiger partial charge in [-0.05, 0) is 24.6 Å². The molecular formula is C13H11ClF2N2. The summed E-state index contributed by atoms with van der Waals surface area (Å²) in [5, 5.41) is 3.47. The molecule has 1 aromatic heterocycles. The molecule has 0 bridgehead atoms. The fourth-order valence-corrected chi connectivity index (χ4v) is 1.78. The van der Waals surface area contributed by atoms with Crippen molar-refractivity contribution in [3.05, 3.63) is 58.7 Å². The van der Waals surface area contributed by atoms with E-state index in [2.05, 4.69) is 10.3 Å². The van der Waals surface area contributed by atoms with E-state index in [1.807, 2.05) is 19.1 Å². The van der Waals surface area contributed by atoms with Crippen LogP contribution in [-0.2, 0) is 0 Å². The van der Waals surface area contributed by atoms with Crippen LogP contribution in [0.15, 0.2) is 36.5 Å². The van der Waals surface area contributed by atoms with Gasteiger partial charge in [0.2, 0.25) is 0 Å². The van der Waals surface area contributed by atoms with Crippen LogP contribution in [0, 0.1) is 11.6 Å². The maximum absolute atomic E-state index is 13.4. The number of aromatic nitrogens is 1. The number of benzene rings is 1. The molecular weight excluding hydrogens is 258 g/mol. The van der Waals surface area contributed by atoms with Gasteiger partial charge in [-0.15, -0.1) is 0 Å². The highest BCUT2D eigenvalue weighted by molar-refractivity contribution is 6.30. The molecule has 2 aromatic rings. The Morgan fingerprint density at radius 1 is 1.28 bits per heavy atom. The number of halogens is 3. The van der Waals surface area contributed by atoms with Crippen LogP contribution in [0.4, 0.5) is 14.6 Å². The summed E-state index contributed by atoms with van der Waals surface area (Å²) in [5.41, 5.74) is 0.896. The first-order chi connectivity index (χ1) is 8.56. The second-order valence-electron chi connectivity index (χ2n) is 3.90. The lowest BCUT2D eigenvalue weighted by molar-refractivity contribution is 0.574. The molecule has 18 heavy (non-hydrogen) atoms. The first-order valence-electron chi connectivity index (χ1n) is 5.39. The lowest BCUT2D eigenvalue weighted by Crippen LogP contribution is -2.09. The Bertz CT molecular complexity index is 560. The number of pyridine rings is 1.